The van der Waals surface area contributed by atoms with Gasteiger partial charge in [-0.25, -0.2) is 9.97 Å². The Bertz CT molecular complexity index is 780. The van der Waals surface area contributed by atoms with Crippen LogP contribution in [0.2, 0.25) is 0 Å². The summed E-state index contributed by atoms with van der Waals surface area (Å²) in [5, 5.41) is 4.16. The number of anilines is 1. The first kappa shape index (κ1) is 14.0. The van der Waals surface area contributed by atoms with Crippen LogP contribution >= 0.6 is 0 Å². The normalized spacial score (nSPS) is 11.0. The van der Waals surface area contributed by atoms with E-state index in [0.717, 1.165) is 16.8 Å². The molecule has 3 aromatic rings. The van der Waals surface area contributed by atoms with Crippen LogP contribution in [0.1, 0.15) is 17.0 Å². The van der Waals surface area contributed by atoms with Crippen molar-refractivity contribution in [2.45, 2.75) is 13.8 Å². The highest BCUT2D eigenvalue weighted by molar-refractivity contribution is 5.76. The van der Waals surface area contributed by atoms with Gasteiger partial charge in [0.2, 0.25) is 0 Å². The highest BCUT2D eigenvalue weighted by Crippen LogP contribution is 2.21. The van der Waals surface area contributed by atoms with Crippen LogP contribution in [-0.2, 0) is 0 Å². The Morgan fingerprint density at radius 1 is 1.05 bits per heavy atom. The maximum absolute atomic E-state index is 5.20. The van der Waals surface area contributed by atoms with Crippen molar-refractivity contribution in [3.63, 3.8) is 0 Å². The molecule has 22 heavy (non-hydrogen) atoms. The summed E-state index contributed by atoms with van der Waals surface area (Å²) in [7, 11) is 0. The zero-order valence-electron chi connectivity index (χ0n) is 12.4. The topological polar surface area (TPSA) is 63.3 Å². The molecule has 5 nitrogen and oxygen atoms in total. The van der Waals surface area contributed by atoms with E-state index in [1.807, 2.05) is 56.3 Å². The number of nitrogens with zero attached hydrogens (tertiary/aromatic N) is 3. The van der Waals surface area contributed by atoms with Gasteiger partial charge in [-0.1, -0.05) is 30.3 Å². The van der Waals surface area contributed by atoms with Crippen LogP contribution in [0.25, 0.3) is 11.4 Å². The first-order valence-electron chi connectivity index (χ1n) is 6.97. The Morgan fingerprint density at radius 3 is 2.59 bits per heavy atom. The molecule has 0 amide bonds. The van der Waals surface area contributed by atoms with E-state index in [9.17, 15) is 0 Å². The number of nitrogens with one attached hydrogen (secondary N) is 1. The molecule has 1 aromatic carbocycles. The average molecular weight is 292 g/mol. The zero-order valence-corrected chi connectivity index (χ0v) is 12.4. The van der Waals surface area contributed by atoms with Crippen LogP contribution in [0.3, 0.4) is 0 Å². The predicted molar refractivity (Wildman–Crippen MR) is 86.9 cm³/mol. The molecule has 0 spiro atoms. The molecule has 0 fully saturated rings. The first-order chi connectivity index (χ1) is 10.7. The summed E-state index contributed by atoms with van der Waals surface area (Å²) in [6.45, 7) is 3.93. The number of hydrazone groups is 1. The van der Waals surface area contributed by atoms with Crippen LogP contribution in [0.4, 0.5) is 5.82 Å². The van der Waals surface area contributed by atoms with Crippen molar-refractivity contribution in [3.05, 3.63) is 65.7 Å². The van der Waals surface area contributed by atoms with Crippen molar-refractivity contribution < 1.29 is 4.42 Å². The van der Waals surface area contributed by atoms with Crippen molar-refractivity contribution >= 4 is 12.0 Å². The molecular formula is C17H16N4O. The fraction of sp³-hybridized carbons (Fsp3) is 0.118. The van der Waals surface area contributed by atoms with Gasteiger partial charge in [-0.3, -0.25) is 5.43 Å². The van der Waals surface area contributed by atoms with Gasteiger partial charge in [0, 0.05) is 16.8 Å². The van der Waals surface area contributed by atoms with E-state index in [1.54, 1.807) is 12.5 Å². The summed E-state index contributed by atoms with van der Waals surface area (Å²) in [5.74, 6) is 2.05. The van der Waals surface area contributed by atoms with Gasteiger partial charge in [0.05, 0.1) is 12.5 Å². The molecule has 2 heterocycles. The Kier molecular flexibility index (Phi) is 3.96. The fourth-order valence-electron chi connectivity index (χ4n) is 1.98. The second-order valence-electron chi connectivity index (χ2n) is 4.86. The largest absolute Gasteiger partial charge is 0.463 e. The van der Waals surface area contributed by atoms with Gasteiger partial charge in [-0.2, -0.15) is 5.10 Å². The summed E-state index contributed by atoms with van der Waals surface area (Å²) in [5.41, 5.74) is 5.83. The van der Waals surface area contributed by atoms with Gasteiger partial charge < -0.3 is 4.42 Å². The van der Waals surface area contributed by atoms with Gasteiger partial charge in [0.25, 0.3) is 0 Å². The van der Waals surface area contributed by atoms with Crippen molar-refractivity contribution in [1.29, 1.82) is 0 Å². The molecule has 0 aliphatic rings. The van der Waals surface area contributed by atoms with Crippen LogP contribution in [0.5, 0.6) is 0 Å². The van der Waals surface area contributed by atoms with E-state index < -0.39 is 0 Å². The summed E-state index contributed by atoms with van der Waals surface area (Å²) in [6.07, 6.45) is 3.22. The van der Waals surface area contributed by atoms with Crippen LogP contribution in [0.15, 0.2) is 58.2 Å². The maximum atomic E-state index is 5.20. The van der Waals surface area contributed by atoms with Gasteiger partial charge in [0.1, 0.15) is 5.76 Å². The predicted octanol–water partition coefficient (Wildman–Crippen LogP) is 3.80. The maximum Gasteiger partial charge on any atom is 0.161 e. The number of hydrogen-bond donors (Lipinski definition) is 1. The molecule has 5 heteroatoms. The van der Waals surface area contributed by atoms with E-state index in [-0.39, 0.29) is 0 Å². The highest BCUT2D eigenvalue weighted by atomic mass is 16.3. The Morgan fingerprint density at radius 2 is 1.86 bits per heavy atom. The molecule has 0 radical (unpaired) electrons. The van der Waals surface area contributed by atoms with Crippen LogP contribution < -0.4 is 5.43 Å². The number of aryl methyl sites for hydroxylation is 1. The number of hydrogen-bond acceptors (Lipinski definition) is 5. The minimum absolute atomic E-state index is 0.680. The quantitative estimate of drug-likeness (QED) is 0.587. The van der Waals surface area contributed by atoms with E-state index >= 15 is 0 Å². The third-order valence-electron chi connectivity index (χ3n) is 3.33. The Balaban J connectivity index is 1.89. The molecule has 3 rings (SSSR count). The lowest BCUT2D eigenvalue weighted by molar-refractivity contribution is 0.560. The third-order valence-corrected chi connectivity index (χ3v) is 3.33. The van der Waals surface area contributed by atoms with Gasteiger partial charge >= 0.3 is 0 Å². The smallest absolute Gasteiger partial charge is 0.161 e. The highest BCUT2D eigenvalue weighted by Gasteiger charge is 2.08. The number of aromatic nitrogens is 2. The lowest BCUT2D eigenvalue weighted by Gasteiger charge is -2.09. The molecule has 0 atom stereocenters. The number of benzene rings is 1. The molecule has 0 aliphatic heterocycles. The van der Waals surface area contributed by atoms with Crippen LogP contribution in [0, 0.1) is 13.8 Å². The fourth-order valence-corrected chi connectivity index (χ4v) is 1.98. The molecule has 2 aromatic heterocycles. The summed E-state index contributed by atoms with van der Waals surface area (Å²) < 4.78 is 5.20. The molecule has 110 valence electrons. The molecule has 1 N–H and O–H groups in total. The van der Waals surface area contributed by atoms with Crippen LogP contribution in [-0.4, -0.2) is 16.2 Å². The van der Waals surface area contributed by atoms with E-state index in [4.69, 9.17) is 4.42 Å². The first-order valence-corrected chi connectivity index (χ1v) is 6.97. The average Bonchev–Trinajstić information content (AvgIpc) is 3.05. The van der Waals surface area contributed by atoms with Gasteiger partial charge in [-0.05, 0) is 26.0 Å². The SMILES string of the molecule is Cc1nc(-c2ccccc2)nc(N/N=C/c2ccco2)c1C. The number of rotatable bonds is 4. The Labute approximate surface area is 128 Å². The van der Waals surface area contributed by atoms with Crippen molar-refractivity contribution in [2.24, 2.45) is 5.10 Å². The lowest BCUT2D eigenvalue weighted by Crippen LogP contribution is -2.02. The summed E-state index contributed by atoms with van der Waals surface area (Å²) >= 11 is 0. The minimum Gasteiger partial charge on any atom is -0.463 e. The standard InChI is InChI=1S/C17H16N4O/c1-12-13(2)19-17(14-7-4-3-5-8-14)20-16(12)21-18-11-15-9-6-10-22-15/h3-11H,1-2H3,(H,19,20,21)/b18-11+. The molecule has 0 saturated heterocycles. The molecule has 0 unspecified atom stereocenters. The second kappa shape index (κ2) is 6.22. The lowest BCUT2D eigenvalue weighted by atomic mass is 10.2. The van der Waals surface area contributed by atoms with Gasteiger partial charge in [-0.15, -0.1) is 0 Å². The molecule has 0 saturated carbocycles. The summed E-state index contributed by atoms with van der Waals surface area (Å²) in [4.78, 5) is 9.10. The Hall–Kier alpha value is -2.95. The van der Waals surface area contributed by atoms with E-state index in [1.165, 1.54) is 0 Å². The molecular weight excluding hydrogens is 276 g/mol. The van der Waals surface area contributed by atoms with Crippen molar-refractivity contribution in [2.75, 3.05) is 5.43 Å². The van der Waals surface area contributed by atoms with Crippen molar-refractivity contribution in [1.82, 2.24) is 9.97 Å². The second-order valence-corrected chi connectivity index (χ2v) is 4.86. The minimum atomic E-state index is 0.680. The molecule has 0 bridgehead atoms. The van der Waals surface area contributed by atoms with Gasteiger partial charge in [0.15, 0.2) is 11.6 Å². The number of furan rings is 1. The monoisotopic (exact) mass is 292 g/mol. The van der Waals surface area contributed by atoms with Crippen molar-refractivity contribution in [3.8, 4) is 11.4 Å². The third kappa shape index (κ3) is 3.03. The summed E-state index contributed by atoms with van der Waals surface area (Å²) in [6, 6.07) is 13.5. The van der Waals surface area contributed by atoms with E-state index in [2.05, 4.69) is 20.5 Å². The zero-order chi connectivity index (χ0) is 15.4. The van der Waals surface area contributed by atoms with E-state index in [0.29, 0.717) is 17.4 Å². The molecule has 0 aliphatic carbocycles.